The Morgan fingerprint density at radius 1 is 0.523 bits per heavy atom. The molecule has 35 heteroatoms. The van der Waals surface area contributed by atoms with Crippen molar-refractivity contribution in [3.63, 3.8) is 0 Å². The summed E-state index contributed by atoms with van der Waals surface area (Å²) in [6.45, 7) is 20.7. The first-order valence-corrected chi connectivity index (χ1v) is 50.4. The van der Waals surface area contributed by atoms with Gasteiger partial charge in [0, 0.05) is 160 Å². The molecule has 4 bridgehead atoms. The Kier molecular flexibility index (Phi) is 47.8. The van der Waals surface area contributed by atoms with Crippen LogP contribution in [0.3, 0.4) is 0 Å². The lowest BCUT2D eigenvalue weighted by Gasteiger charge is -2.40. The van der Waals surface area contributed by atoms with E-state index in [0.29, 0.717) is 73.5 Å². The highest BCUT2D eigenvalue weighted by molar-refractivity contribution is 8.26. The van der Waals surface area contributed by atoms with Crippen molar-refractivity contribution in [1.29, 1.82) is 0 Å². The predicted molar refractivity (Wildman–Crippen MR) is 509 cm³/mol. The van der Waals surface area contributed by atoms with Gasteiger partial charge in [-0.25, -0.2) is 4.21 Å². The van der Waals surface area contributed by atoms with E-state index in [4.69, 9.17) is 85.9 Å². The van der Waals surface area contributed by atoms with Gasteiger partial charge in [0.05, 0.1) is 58.3 Å². The number of esters is 2. The van der Waals surface area contributed by atoms with Gasteiger partial charge in [-0.1, -0.05) is 205 Å². The number of carbonyl (C=O) groups is 4. The first kappa shape index (κ1) is 109. The third-order valence-electron chi connectivity index (χ3n) is 23.7. The molecule has 7 aromatic carbocycles. The standard InChI is InChI=1S/C18H14F3NO7S.C17H23NO4.C16H22N2.C13H17Cl2N.C13H18N2.C13H19NO2.C4H8O.CHCl3.Cl2OS/c1-27-12-7-6-10(8-14(12)28-2)9-22-16(23)11-4-3-5-13(15(11)17(22)24)29-30(25,26)18(19,20)21;1-3-21-16(19)14-10-11-15(17(20)22-4-2)18(14)12-13-8-6-5-7-9-13;1-2-10-17-12-15-8-9-16(13-17)18(15)11-14-6-4-3-5-7-14;14-8-12-6-7-13(9-15)16(12)10-11-4-2-1-3-5-11;1-2-4-11(5-3-1)10-15-12-6-7-13(15)9-14-8-12;15-9-12-6-7-13(10-16)14(12)8-11-4-2-1-3-5-11;1-2-4-5-3-1;2-1(3)4;1-4(2)3/h3-8H,9H2,1-2H3;5-9,14-15H,3-4,10-12H2,1-2H3;2-7,15-16H,1,8-13H2;1-5,12-13H,6-10H2;1-5,12-14H,6-10H2;1-5,12-13,15-16H,6-10H2;1-4H2;1H;/t;14-,15+;;12-,13+;;12-,13+;;;. The SMILES string of the molecule is C1CCOC1.C=CCN1CC2CCC(C1)N2Cc1ccccc1.CCOC(=O)[C@H]1CC[C@@H](C(=O)OCC)N1Cc1ccccc1.COc1ccc(CN2C(=O)c3cccc(OS(=O)(=O)C(F)(F)F)c3C2=O)cc1OC.ClC(Cl)Cl.ClC[C@@H]1CC[C@H](CCl)N1Cc1ccccc1.O=S(Cl)Cl.OC[C@@H]1CC[C@H](CO)N1Cc1ccccc1.c1ccc(CN2C3CCC2CNC3)cc1. The Labute approximate surface area is 800 Å². The number of hydrogen-bond acceptors (Lipinski definition) is 22. The van der Waals surface area contributed by atoms with E-state index in [1.165, 1.54) is 126 Å². The summed E-state index contributed by atoms with van der Waals surface area (Å²) in [5.41, 5.74) is 0.492. The van der Waals surface area contributed by atoms with Crippen LogP contribution in [0.25, 0.3) is 0 Å². The molecule has 9 heterocycles. The van der Waals surface area contributed by atoms with E-state index >= 15 is 0 Å². The Morgan fingerprint density at radius 2 is 0.908 bits per heavy atom. The third-order valence-corrected chi connectivity index (χ3v) is 25.4. The van der Waals surface area contributed by atoms with E-state index < -0.39 is 52.3 Å². The van der Waals surface area contributed by atoms with Gasteiger partial charge in [-0.3, -0.25) is 53.5 Å². The first-order valence-electron chi connectivity index (χ1n) is 43.8. The minimum Gasteiger partial charge on any atom is -0.493 e. The van der Waals surface area contributed by atoms with E-state index in [9.17, 15) is 51.0 Å². The van der Waals surface area contributed by atoms with Crippen molar-refractivity contribution in [2.75, 3.05) is 98.3 Å². The van der Waals surface area contributed by atoms with Crippen LogP contribution in [0.15, 0.2) is 201 Å². The number of fused-ring (bicyclic) bond motifs is 5. The molecule has 3 N–H and O–H groups in total. The maximum Gasteiger partial charge on any atom is 0.534 e. The molecule has 0 aliphatic carbocycles. The number of aliphatic hydroxyl groups excluding tert-OH is 2. The lowest BCUT2D eigenvalue weighted by Crippen LogP contribution is -2.53. The van der Waals surface area contributed by atoms with Crippen molar-refractivity contribution in [2.24, 2.45) is 0 Å². The van der Waals surface area contributed by atoms with Gasteiger partial charge in [0.2, 0.25) is 9.23 Å². The molecular weight excluding hydrogens is 1860 g/mol. The molecule has 8 saturated heterocycles. The summed E-state index contributed by atoms with van der Waals surface area (Å²) in [6.07, 6.45) is 15.6. The van der Waals surface area contributed by atoms with Crippen molar-refractivity contribution in [3.05, 3.63) is 245 Å². The van der Waals surface area contributed by atoms with Gasteiger partial charge >= 0.3 is 27.6 Å². The topological polar surface area (TPSA) is 250 Å². The average Bonchev–Trinajstić information content (AvgIpc) is 1.60. The largest absolute Gasteiger partial charge is 0.534 e. The first-order chi connectivity index (χ1) is 62.6. The van der Waals surface area contributed by atoms with Crippen molar-refractivity contribution in [2.45, 2.75) is 200 Å². The second-order valence-corrected chi connectivity index (χ2v) is 38.7. The smallest absolute Gasteiger partial charge is 0.493 e. The minimum atomic E-state index is -6.02. The quantitative estimate of drug-likeness (QED) is 0.00867. The van der Waals surface area contributed by atoms with Gasteiger partial charge in [0.15, 0.2) is 21.5 Å². The molecule has 10 atom stereocenters. The molecule has 8 fully saturated rings. The highest BCUT2D eigenvalue weighted by Crippen LogP contribution is 2.39. The van der Waals surface area contributed by atoms with E-state index in [-0.39, 0.29) is 61.4 Å². The number of imide groups is 1. The fraction of sp³-hybridized carbons (Fsp3) is 0.495. The summed E-state index contributed by atoms with van der Waals surface area (Å²) in [5, 5.41) is 22.1. The number of alkyl halides is 8. The molecule has 0 aromatic heterocycles. The number of rotatable bonds is 26. The maximum absolute atomic E-state index is 12.7. The number of aliphatic hydroxyl groups is 2. The van der Waals surface area contributed by atoms with Gasteiger partial charge in [-0.2, -0.15) is 21.6 Å². The lowest BCUT2D eigenvalue weighted by atomic mass is 10.1. The molecule has 23 nitrogen and oxygen atoms in total. The molecule has 714 valence electrons. The summed E-state index contributed by atoms with van der Waals surface area (Å²) in [5.74, 6) is -1.02. The molecule has 9 aliphatic heterocycles. The average molecular weight is 1990 g/mol. The Hall–Kier alpha value is -6.72. The summed E-state index contributed by atoms with van der Waals surface area (Å²) >= 11 is 26.4. The van der Waals surface area contributed by atoms with Crippen LogP contribution in [0.1, 0.15) is 145 Å². The van der Waals surface area contributed by atoms with Gasteiger partial charge < -0.3 is 43.4 Å². The molecule has 4 unspecified atom stereocenters. The molecule has 0 radical (unpaired) electrons. The highest BCUT2D eigenvalue weighted by atomic mass is 36.0. The number of methoxy groups -OCH3 is 2. The maximum atomic E-state index is 12.7. The zero-order chi connectivity index (χ0) is 94.1. The number of hydrogen-bond donors (Lipinski definition) is 3. The van der Waals surface area contributed by atoms with Gasteiger partial charge in [-0.05, 0) is 149 Å². The fourth-order valence-corrected chi connectivity index (χ4v) is 18.6. The van der Waals surface area contributed by atoms with Gasteiger partial charge in [0.25, 0.3) is 11.8 Å². The Bertz CT molecular complexity index is 4510. The van der Waals surface area contributed by atoms with Crippen LogP contribution < -0.4 is 19.0 Å². The minimum absolute atomic E-state index is 0.184. The molecule has 2 amide bonds. The van der Waals surface area contributed by atoms with Crippen LogP contribution in [-0.4, -0.2) is 249 Å². The van der Waals surface area contributed by atoms with Crippen LogP contribution in [-0.2, 0) is 82.4 Å². The predicted octanol–water partition coefficient (Wildman–Crippen LogP) is 17.3. The number of nitrogens with zero attached hydrogens (tertiary/aromatic N) is 7. The molecule has 0 saturated carbocycles. The lowest BCUT2D eigenvalue weighted by molar-refractivity contribution is -0.153. The van der Waals surface area contributed by atoms with E-state index in [0.717, 1.165) is 106 Å². The zero-order valence-corrected chi connectivity index (χ0v) is 80.8. The summed E-state index contributed by atoms with van der Waals surface area (Å²) in [4.78, 5) is 65.0. The Morgan fingerprint density at radius 3 is 1.28 bits per heavy atom. The molecule has 16 rings (SSSR count). The molecular formula is C95H122Cl7F3N8O15S2. The van der Waals surface area contributed by atoms with Crippen molar-refractivity contribution >= 4 is 122 Å². The van der Waals surface area contributed by atoms with Gasteiger partial charge in [-0.15, -0.1) is 29.8 Å². The van der Waals surface area contributed by atoms with Crippen LogP contribution >= 0.6 is 79.4 Å². The summed E-state index contributed by atoms with van der Waals surface area (Å²) in [7, 11) is 4.17. The Balaban J connectivity index is 0.000000190. The zero-order valence-electron chi connectivity index (χ0n) is 73.9. The number of halogens is 10. The van der Waals surface area contributed by atoms with Crippen LogP contribution in [0.5, 0.6) is 17.2 Å². The van der Waals surface area contributed by atoms with Crippen LogP contribution in [0.4, 0.5) is 13.2 Å². The number of likely N-dealkylation sites (tertiary alicyclic amines) is 4. The van der Waals surface area contributed by atoms with Crippen LogP contribution in [0, 0.1) is 0 Å². The molecule has 0 spiro atoms. The number of piperazine rings is 2. The number of benzene rings is 7. The molecule has 9 aliphatic rings. The van der Waals surface area contributed by atoms with Crippen LogP contribution in [0.2, 0.25) is 0 Å². The number of ether oxygens (including phenoxy) is 5. The summed E-state index contributed by atoms with van der Waals surface area (Å²) < 4.78 is 98.5. The third kappa shape index (κ3) is 34.0. The van der Waals surface area contributed by atoms with E-state index in [1.807, 2.05) is 65.6 Å². The molecule has 130 heavy (non-hydrogen) atoms. The highest BCUT2D eigenvalue weighted by Gasteiger charge is 2.51. The van der Waals surface area contributed by atoms with Crippen molar-refractivity contribution in [1.82, 2.24) is 39.6 Å². The number of nitrogens with one attached hydrogen (secondary N) is 1. The van der Waals surface area contributed by atoms with Crippen molar-refractivity contribution < 1.29 is 83.1 Å². The van der Waals surface area contributed by atoms with Crippen molar-refractivity contribution in [3.8, 4) is 17.2 Å². The summed E-state index contributed by atoms with van der Waals surface area (Å²) in [6, 6.07) is 63.8. The second-order valence-electron chi connectivity index (χ2n) is 32.1. The monoisotopic (exact) mass is 1980 g/mol. The van der Waals surface area contributed by atoms with Gasteiger partial charge in [0.1, 0.15) is 12.1 Å². The van der Waals surface area contributed by atoms with E-state index in [2.05, 4.69) is 159 Å². The fourth-order valence-electron chi connectivity index (χ4n) is 17.5. The number of carbonyl (C=O) groups excluding carboxylic acids is 4. The van der Waals surface area contributed by atoms with E-state index in [1.54, 1.807) is 26.0 Å². The second kappa shape index (κ2) is 57.2. The number of amides is 2. The molecule has 7 aromatic rings. The normalized spacial score (nSPS) is 22.2.